The van der Waals surface area contributed by atoms with Crippen molar-refractivity contribution in [2.45, 2.75) is 26.8 Å². The minimum absolute atomic E-state index is 0.139. The van der Waals surface area contributed by atoms with Crippen molar-refractivity contribution in [3.63, 3.8) is 0 Å². The van der Waals surface area contributed by atoms with Gasteiger partial charge in [-0.25, -0.2) is 0 Å². The van der Waals surface area contributed by atoms with Gasteiger partial charge >= 0.3 is 5.97 Å². The van der Waals surface area contributed by atoms with Gasteiger partial charge in [0.05, 0.1) is 5.41 Å². The molecule has 0 saturated heterocycles. The summed E-state index contributed by atoms with van der Waals surface area (Å²) in [5.74, 6) is 0.681. The van der Waals surface area contributed by atoms with E-state index < -0.39 is 11.4 Å². The summed E-state index contributed by atoms with van der Waals surface area (Å²) in [7, 11) is 0. The second kappa shape index (κ2) is 4.72. The first-order valence-corrected chi connectivity index (χ1v) is 5.08. The average molecular weight is 191 g/mol. The highest BCUT2D eigenvalue weighted by Gasteiger charge is 2.26. The summed E-state index contributed by atoms with van der Waals surface area (Å²) in [5.41, 5.74) is 4.89. The Balaban J connectivity index is 3.69. The normalized spacial score (nSPS) is 14.3. The van der Waals surface area contributed by atoms with Crippen LogP contribution in [0, 0.1) is 5.41 Å². The van der Waals surface area contributed by atoms with Crippen molar-refractivity contribution in [1.82, 2.24) is 0 Å². The van der Waals surface area contributed by atoms with Gasteiger partial charge in [0.25, 0.3) is 0 Å². The number of carboxylic acid groups (broad SMARTS) is 1. The maximum absolute atomic E-state index is 10.7. The fraction of sp³-hybridized carbons (Fsp3) is 0.875. The predicted octanol–water partition coefficient (Wildman–Crippen LogP) is 1.18. The summed E-state index contributed by atoms with van der Waals surface area (Å²) in [4.78, 5) is 10.7. The molecule has 1 unspecified atom stereocenters. The number of carbonyl (C=O) groups is 1. The smallest absolute Gasteiger partial charge is 0.309 e. The zero-order chi connectivity index (χ0) is 9.78. The summed E-state index contributed by atoms with van der Waals surface area (Å²) >= 11 is 1.59. The molecule has 0 rings (SSSR count). The molecular weight excluding hydrogens is 174 g/mol. The third kappa shape index (κ3) is 4.62. The molecule has 12 heavy (non-hydrogen) atoms. The highest BCUT2D eigenvalue weighted by molar-refractivity contribution is 7.99. The Morgan fingerprint density at radius 2 is 2.17 bits per heavy atom. The molecule has 3 N–H and O–H groups in total. The number of hydrogen-bond donors (Lipinski definition) is 2. The summed E-state index contributed by atoms with van der Waals surface area (Å²) < 4.78 is 0. The van der Waals surface area contributed by atoms with Crippen molar-refractivity contribution in [1.29, 1.82) is 0 Å². The molecular formula is C8H17NO2S. The van der Waals surface area contributed by atoms with Gasteiger partial charge in [-0.05, 0) is 20.8 Å². The van der Waals surface area contributed by atoms with E-state index in [1.165, 1.54) is 0 Å². The zero-order valence-corrected chi connectivity index (χ0v) is 8.65. The van der Waals surface area contributed by atoms with Crippen molar-refractivity contribution >= 4 is 17.7 Å². The maximum Gasteiger partial charge on any atom is 0.309 e. The Kier molecular flexibility index (Phi) is 4.63. The molecule has 1 atom stereocenters. The molecule has 0 aliphatic carbocycles. The lowest BCUT2D eigenvalue weighted by Gasteiger charge is -2.18. The summed E-state index contributed by atoms with van der Waals surface area (Å²) in [6.45, 7) is 5.37. The second-order valence-corrected chi connectivity index (χ2v) is 4.71. The molecule has 0 radical (unpaired) electrons. The third-order valence-electron chi connectivity index (χ3n) is 1.42. The van der Waals surface area contributed by atoms with E-state index in [1.807, 2.05) is 6.92 Å². The minimum Gasteiger partial charge on any atom is -0.481 e. The van der Waals surface area contributed by atoms with Crippen LogP contribution in [0.4, 0.5) is 0 Å². The van der Waals surface area contributed by atoms with E-state index in [2.05, 4.69) is 0 Å². The fourth-order valence-corrected chi connectivity index (χ4v) is 1.69. The molecule has 0 saturated carbocycles. The van der Waals surface area contributed by atoms with Crippen molar-refractivity contribution in [2.75, 3.05) is 11.5 Å². The first kappa shape index (κ1) is 11.8. The van der Waals surface area contributed by atoms with Crippen LogP contribution >= 0.6 is 11.8 Å². The topological polar surface area (TPSA) is 63.3 Å². The van der Waals surface area contributed by atoms with Crippen LogP contribution in [0.5, 0.6) is 0 Å². The Morgan fingerprint density at radius 3 is 2.50 bits per heavy atom. The molecule has 0 aromatic rings. The highest BCUT2D eigenvalue weighted by atomic mass is 32.2. The van der Waals surface area contributed by atoms with Gasteiger partial charge in [0.15, 0.2) is 0 Å². The SMILES string of the molecule is CC(N)CSCC(C)(C)C(=O)O. The van der Waals surface area contributed by atoms with Crippen molar-refractivity contribution in [2.24, 2.45) is 11.1 Å². The highest BCUT2D eigenvalue weighted by Crippen LogP contribution is 2.21. The molecule has 0 aromatic carbocycles. The van der Waals surface area contributed by atoms with Crippen molar-refractivity contribution in [3.8, 4) is 0 Å². The number of nitrogens with two attached hydrogens (primary N) is 1. The van der Waals surface area contributed by atoms with E-state index in [1.54, 1.807) is 25.6 Å². The van der Waals surface area contributed by atoms with Crippen molar-refractivity contribution in [3.05, 3.63) is 0 Å². The van der Waals surface area contributed by atoms with E-state index in [-0.39, 0.29) is 6.04 Å². The molecule has 4 heteroatoms. The molecule has 0 aromatic heterocycles. The van der Waals surface area contributed by atoms with E-state index >= 15 is 0 Å². The van der Waals surface area contributed by atoms with E-state index in [9.17, 15) is 4.79 Å². The Hall–Kier alpha value is -0.220. The number of hydrogen-bond acceptors (Lipinski definition) is 3. The van der Waals surface area contributed by atoms with Crippen LogP contribution < -0.4 is 5.73 Å². The maximum atomic E-state index is 10.7. The van der Waals surface area contributed by atoms with Crippen LogP contribution in [0.3, 0.4) is 0 Å². The van der Waals surface area contributed by atoms with E-state index in [4.69, 9.17) is 10.8 Å². The number of thioether (sulfide) groups is 1. The molecule has 0 aliphatic heterocycles. The van der Waals surface area contributed by atoms with E-state index in [0.29, 0.717) is 5.75 Å². The predicted molar refractivity (Wildman–Crippen MR) is 52.4 cm³/mol. The van der Waals surface area contributed by atoms with Gasteiger partial charge in [-0.2, -0.15) is 11.8 Å². The largest absolute Gasteiger partial charge is 0.481 e. The van der Waals surface area contributed by atoms with Gasteiger partial charge in [-0.15, -0.1) is 0 Å². The van der Waals surface area contributed by atoms with Crippen LogP contribution in [0.1, 0.15) is 20.8 Å². The lowest BCUT2D eigenvalue weighted by atomic mass is 9.97. The standard InChI is InChI=1S/C8H17NO2S/c1-6(9)4-12-5-8(2,3)7(10)11/h6H,4-5,9H2,1-3H3,(H,10,11). The lowest BCUT2D eigenvalue weighted by Crippen LogP contribution is -2.27. The van der Waals surface area contributed by atoms with Crippen LogP contribution in [0.25, 0.3) is 0 Å². The number of carboxylic acids is 1. The van der Waals surface area contributed by atoms with Gasteiger partial charge in [0.1, 0.15) is 0 Å². The molecule has 72 valence electrons. The van der Waals surface area contributed by atoms with Crippen LogP contribution in [-0.2, 0) is 4.79 Å². The lowest BCUT2D eigenvalue weighted by molar-refractivity contribution is -0.145. The molecule has 0 spiro atoms. The molecule has 0 fully saturated rings. The molecule has 0 amide bonds. The number of rotatable bonds is 5. The van der Waals surface area contributed by atoms with Crippen LogP contribution in [0.2, 0.25) is 0 Å². The first-order chi connectivity index (χ1) is 5.36. The quantitative estimate of drug-likeness (QED) is 0.685. The first-order valence-electron chi connectivity index (χ1n) is 3.93. The summed E-state index contributed by atoms with van der Waals surface area (Å²) in [6, 6.07) is 0.139. The van der Waals surface area contributed by atoms with Gasteiger partial charge in [0.2, 0.25) is 0 Å². The second-order valence-electron chi connectivity index (χ2n) is 3.68. The molecule has 0 heterocycles. The van der Waals surface area contributed by atoms with Crippen LogP contribution in [0.15, 0.2) is 0 Å². The Morgan fingerprint density at radius 1 is 1.67 bits per heavy atom. The van der Waals surface area contributed by atoms with Gasteiger partial charge in [-0.3, -0.25) is 4.79 Å². The van der Waals surface area contributed by atoms with Gasteiger partial charge in [0, 0.05) is 17.5 Å². The third-order valence-corrected chi connectivity index (χ3v) is 3.11. The van der Waals surface area contributed by atoms with Gasteiger partial charge in [-0.1, -0.05) is 0 Å². The summed E-state index contributed by atoms with van der Waals surface area (Å²) in [6.07, 6.45) is 0. The monoisotopic (exact) mass is 191 g/mol. The Labute approximate surface area is 77.7 Å². The van der Waals surface area contributed by atoms with Crippen LogP contribution in [-0.4, -0.2) is 28.6 Å². The molecule has 3 nitrogen and oxygen atoms in total. The average Bonchev–Trinajstić information content (AvgIpc) is 1.85. The number of aliphatic carboxylic acids is 1. The minimum atomic E-state index is -0.750. The Bertz CT molecular complexity index is 157. The van der Waals surface area contributed by atoms with E-state index in [0.717, 1.165) is 5.75 Å². The summed E-state index contributed by atoms with van der Waals surface area (Å²) in [5, 5.41) is 8.76. The zero-order valence-electron chi connectivity index (χ0n) is 7.83. The molecule has 0 aliphatic rings. The van der Waals surface area contributed by atoms with Gasteiger partial charge < -0.3 is 10.8 Å². The van der Waals surface area contributed by atoms with Crippen molar-refractivity contribution < 1.29 is 9.90 Å². The molecule has 0 bridgehead atoms. The fourth-order valence-electron chi connectivity index (χ4n) is 0.562.